The van der Waals surface area contributed by atoms with E-state index >= 15 is 0 Å². The van der Waals surface area contributed by atoms with Crippen molar-refractivity contribution in [3.8, 4) is 5.75 Å². The largest absolute Gasteiger partial charge is 0.555 e. The van der Waals surface area contributed by atoms with Crippen LogP contribution in [-0.2, 0) is 9.71 Å². The summed E-state index contributed by atoms with van der Waals surface area (Å²) in [5.74, 6) is 4.78. The van der Waals surface area contributed by atoms with Crippen LogP contribution in [0.2, 0.25) is 0 Å². The predicted octanol–water partition coefficient (Wildman–Crippen LogP) is 2.81. The van der Waals surface area contributed by atoms with Gasteiger partial charge in [0, 0.05) is 28.1 Å². The molecule has 29 heavy (non-hydrogen) atoms. The Hall–Kier alpha value is -2.55. The number of allylic oxidation sites excluding steroid dienone is 2. The van der Waals surface area contributed by atoms with E-state index in [0.29, 0.717) is 10.6 Å². The Kier molecular flexibility index (Phi) is 4.31. The van der Waals surface area contributed by atoms with Gasteiger partial charge in [-0.2, -0.15) is 0 Å². The first-order valence-corrected chi connectivity index (χ1v) is 11.4. The van der Waals surface area contributed by atoms with Gasteiger partial charge in [0.05, 0.1) is 15.9 Å². The minimum Gasteiger partial charge on any atom is -0.531 e. The molecule has 148 valence electrons. The molecule has 8 heteroatoms. The van der Waals surface area contributed by atoms with Crippen molar-refractivity contribution in [2.45, 2.75) is 30.7 Å². The third-order valence-corrected chi connectivity index (χ3v) is 7.63. The smallest absolute Gasteiger partial charge is 0.531 e. The van der Waals surface area contributed by atoms with Crippen molar-refractivity contribution < 1.29 is 13.9 Å². The molecule has 1 unspecified atom stereocenters. The van der Waals surface area contributed by atoms with Crippen LogP contribution in [0.15, 0.2) is 59.2 Å². The number of hydrogen-bond acceptors (Lipinski definition) is 4. The van der Waals surface area contributed by atoms with Gasteiger partial charge in [-0.1, -0.05) is 18.2 Å². The highest BCUT2D eigenvalue weighted by molar-refractivity contribution is 7.98. The molecule has 0 radical (unpaired) electrons. The van der Waals surface area contributed by atoms with Crippen LogP contribution in [0.4, 0.5) is 0 Å². The summed E-state index contributed by atoms with van der Waals surface area (Å²) < 4.78 is 21.9. The summed E-state index contributed by atoms with van der Waals surface area (Å²) in [6, 6.07) is 11.4. The lowest BCUT2D eigenvalue weighted by molar-refractivity contribution is 0.311. The molecule has 0 spiro atoms. The van der Waals surface area contributed by atoms with Gasteiger partial charge in [-0.25, -0.2) is 13.9 Å². The summed E-state index contributed by atoms with van der Waals surface area (Å²) in [5.41, 5.74) is 3.74. The van der Waals surface area contributed by atoms with Gasteiger partial charge in [-0.05, 0) is 60.8 Å². The lowest BCUT2D eigenvalue weighted by atomic mass is 9.64. The number of hydrogen-bond donors (Lipinski definition) is 3. The molecule has 0 saturated heterocycles. The highest BCUT2D eigenvalue weighted by Crippen LogP contribution is 2.48. The number of aromatic nitrogens is 2. The number of pyridine rings is 1. The van der Waals surface area contributed by atoms with E-state index in [1.165, 1.54) is 0 Å². The lowest BCUT2D eigenvalue weighted by Crippen LogP contribution is -2.45. The van der Waals surface area contributed by atoms with Gasteiger partial charge in [-0.3, -0.25) is 0 Å². The standard InChI is InChI=1S/C21H22BN3O3S/c1-13-19(20-17-8-9-23-21(17)24-12-18(20)28-22(13)26)14-10-15(11-14)25-29(2,27)16-6-4-3-5-7-16/h3-9,12,14-15,26H,2,10-11H2,1H3,(H,23,24)(H,25,27). The van der Waals surface area contributed by atoms with Gasteiger partial charge in [-0.15, -0.1) is 0 Å². The minimum absolute atomic E-state index is 0.109. The maximum Gasteiger partial charge on any atom is 0.555 e. The monoisotopic (exact) mass is 407 g/mol. The summed E-state index contributed by atoms with van der Waals surface area (Å²) in [6.45, 7) is 1.91. The number of rotatable bonds is 4. The van der Waals surface area contributed by atoms with Crippen LogP contribution >= 0.6 is 0 Å². The van der Waals surface area contributed by atoms with Crippen molar-refractivity contribution in [2.24, 2.45) is 5.92 Å². The molecule has 1 fully saturated rings. The van der Waals surface area contributed by atoms with Crippen LogP contribution in [0.25, 0.3) is 16.6 Å². The Balaban J connectivity index is 1.42. The van der Waals surface area contributed by atoms with Gasteiger partial charge >= 0.3 is 7.12 Å². The third-order valence-electron chi connectivity index (χ3n) is 5.88. The Bertz CT molecular complexity index is 1210. The molecule has 1 saturated carbocycles. The Morgan fingerprint density at radius 3 is 2.83 bits per heavy atom. The zero-order chi connectivity index (χ0) is 20.2. The van der Waals surface area contributed by atoms with Crippen molar-refractivity contribution in [2.75, 3.05) is 0 Å². The van der Waals surface area contributed by atoms with E-state index in [0.717, 1.165) is 40.5 Å². The molecule has 0 amide bonds. The van der Waals surface area contributed by atoms with Gasteiger partial charge in [0.1, 0.15) is 11.4 Å². The average Bonchev–Trinajstić information content (AvgIpc) is 3.16. The Morgan fingerprint density at radius 2 is 2.07 bits per heavy atom. The number of fused-ring (bicyclic) bond motifs is 3. The minimum atomic E-state index is -2.54. The van der Waals surface area contributed by atoms with Gasteiger partial charge < -0.3 is 14.7 Å². The van der Waals surface area contributed by atoms with Crippen LogP contribution in [0.1, 0.15) is 25.3 Å². The Morgan fingerprint density at radius 1 is 1.31 bits per heavy atom. The number of nitrogens with zero attached hydrogens (tertiary/aromatic N) is 1. The molecule has 5 rings (SSSR count). The van der Waals surface area contributed by atoms with Gasteiger partial charge in [0.15, 0.2) is 0 Å². The zero-order valence-electron chi connectivity index (χ0n) is 16.1. The molecule has 3 heterocycles. The fourth-order valence-corrected chi connectivity index (χ4v) is 5.81. The van der Waals surface area contributed by atoms with Crippen molar-refractivity contribution in [3.05, 3.63) is 59.8 Å². The summed E-state index contributed by atoms with van der Waals surface area (Å²) in [5, 5.41) is 11.4. The molecule has 1 aliphatic heterocycles. The second kappa shape index (κ2) is 6.76. The fourth-order valence-electron chi connectivity index (χ4n) is 4.35. The third kappa shape index (κ3) is 3.08. The van der Waals surface area contributed by atoms with Gasteiger partial charge in [0.2, 0.25) is 0 Å². The molecule has 1 aliphatic carbocycles. The van der Waals surface area contributed by atoms with E-state index in [-0.39, 0.29) is 12.0 Å². The number of benzene rings is 1. The van der Waals surface area contributed by atoms with Gasteiger partial charge in [0.25, 0.3) is 0 Å². The van der Waals surface area contributed by atoms with Crippen molar-refractivity contribution in [1.82, 2.24) is 14.7 Å². The van der Waals surface area contributed by atoms with Crippen LogP contribution in [-0.4, -0.2) is 38.2 Å². The quantitative estimate of drug-likeness (QED) is 0.459. The summed E-state index contributed by atoms with van der Waals surface area (Å²) in [7, 11) is -3.51. The van der Waals surface area contributed by atoms with E-state index in [2.05, 4.69) is 20.6 Å². The second-order valence-corrected chi connectivity index (χ2v) is 9.83. The first-order valence-electron chi connectivity index (χ1n) is 9.65. The number of nitrogens with one attached hydrogen (secondary N) is 2. The first kappa shape index (κ1) is 18.5. The highest BCUT2D eigenvalue weighted by Gasteiger charge is 2.41. The van der Waals surface area contributed by atoms with Crippen molar-refractivity contribution in [1.29, 1.82) is 0 Å². The number of aromatic amines is 1. The van der Waals surface area contributed by atoms with E-state index in [1.807, 2.05) is 49.5 Å². The molecular formula is C21H22BN3O3S. The molecule has 1 atom stereocenters. The average molecular weight is 407 g/mol. The Labute approximate surface area is 170 Å². The molecule has 6 nitrogen and oxygen atoms in total. The normalized spacial score (nSPS) is 23.3. The SMILES string of the molecule is C=S(=O)(NC1CC(C2=C(C)B(O)Oc3cnc4[nH]ccc4c32)C1)c1ccccc1. The zero-order valence-corrected chi connectivity index (χ0v) is 16.9. The summed E-state index contributed by atoms with van der Waals surface area (Å²) in [4.78, 5) is 8.23. The van der Waals surface area contributed by atoms with E-state index in [9.17, 15) is 9.23 Å². The molecule has 0 bridgehead atoms. The maximum atomic E-state index is 13.0. The van der Waals surface area contributed by atoms with E-state index in [1.54, 1.807) is 6.20 Å². The van der Waals surface area contributed by atoms with E-state index in [4.69, 9.17) is 4.65 Å². The van der Waals surface area contributed by atoms with Crippen LogP contribution in [0.5, 0.6) is 5.75 Å². The summed E-state index contributed by atoms with van der Waals surface area (Å²) in [6.07, 6.45) is 5.17. The highest BCUT2D eigenvalue weighted by atomic mass is 32.2. The molecule has 2 aliphatic rings. The van der Waals surface area contributed by atoms with E-state index < -0.39 is 16.8 Å². The van der Waals surface area contributed by atoms with Crippen LogP contribution < -0.4 is 9.38 Å². The summed E-state index contributed by atoms with van der Waals surface area (Å²) >= 11 is 0. The molecule has 1 aromatic carbocycles. The molecule has 3 aromatic rings. The number of H-pyrrole nitrogens is 1. The van der Waals surface area contributed by atoms with Crippen LogP contribution in [0, 0.1) is 5.92 Å². The molecule has 3 N–H and O–H groups in total. The predicted molar refractivity (Wildman–Crippen MR) is 117 cm³/mol. The fraction of sp³-hybridized carbons (Fsp3) is 0.238. The van der Waals surface area contributed by atoms with Crippen LogP contribution in [0.3, 0.4) is 0 Å². The lowest BCUT2D eigenvalue weighted by Gasteiger charge is -2.41. The van der Waals surface area contributed by atoms with Crippen molar-refractivity contribution in [3.63, 3.8) is 0 Å². The molecule has 2 aromatic heterocycles. The second-order valence-electron chi connectivity index (χ2n) is 7.78. The molecular weight excluding hydrogens is 385 g/mol. The topological polar surface area (TPSA) is 87.2 Å². The first-order chi connectivity index (χ1) is 13.9. The maximum absolute atomic E-state index is 13.0. The van der Waals surface area contributed by atoms with Crippen molar-refractivity contribution >= 4 is 39.3 Å².